The first-order chi connectivity index (χ1) is 10.6. The van der Waals surface area contributed by atoms with Crippen LogP contribution in [0.3, 0.4) is 0 Å². The van der Waals surface area contributed by atoms with Gasteiger partial charge in [-0.05, 0) is 47.6 Å². The number of carbonyl (C=O) groups is 1. The van der Waals surface area contributed by atoms with E-state index in [9.17, 15) is 4.79 Å². The standard InChI is InChI=1S/C19H25NO2/c1-13-4-3-5-17(14(13)2)20-19(21)9-7-15-6-8-18-16(12-15)10-11-22-18/h6-9,12-14,17H,3-5,10-11H2,1-2H3,(H,20,21)/b9-7+. The minimum Gasteiger partial charge on any atom is -0.493 e. The molecule has 1 amide bonds. The van der Waals surface area contributed by atoms with Crippen LogP contribution in [0.15, 0.2) is 24.3 Å². The SMILES string of the molecule is CC1CCCC(NC(=O)/C=C/c2ccc3c(c2)CCO3)C1C. The number of rotatable bonds is 3. The lowest BCUT2D eigenvalue weighted by molar-refractivity contribution is -0.117. The van der Waals surface area contributed by atoms with Gasteiger partial charge >= 0.3 is 0 Å². The summed E-state index contributed by atoms with van der Waals surface area (Å²) in [6.45, 7) is 5.30. The molecule has 22 heavy (non-hydrogen) atoms. The van der Waals surface area contributed by atoms with E-state index in [0.717, 1.165) is 30.8 Å². The summed E-state index contributed by atoms with van der Waals surface area (Å²) < 4.78 is 5.50. The molecule has 0 aromatic heterocycles. The van der Waals surface area contributed by atoms with Crippen LogP contribution < -0.4 is 10.1 Å². The van der Waals surface area contributed by atoms with Crippen LogP contribution in [0.2, 0.25) is 0 Å². The van der Waals surface area contributed by atoms with Crippen LogP contribution in [-0.2, 0) is 11.2 Å². The van der Waals surface area contributed by atoms with Crippen LogP contribution in [-0.4, -0.2) is 18.6 Å². The van der Waals surface area contributed by atoms with E-state index in [1.165, 1.54) is 18.4 Å². The minimum atomic E-state index is 0.0164. The van der Waals surface area contributed by atoms with Crippen molar-refractivity contribution in [3.05, 3.63) is 35.4 Å². The highest BCUT2D eigenvalue weighted by Crippen LogP contribution is 2.29. The molecule has 3 unspecified atom stereocenters. The van der Waals surface area contributed by atoms with Crippen LogP contribution in [0.5, 0.6) is 5.75 Å². The molecule has 1 aliphatic heterocycles. The average molecular weight is 299 g/mol. The number of ether oxygens (including phenoxy) is 1. The Bertz CT molecular complexity index is 579. The predicted molar refractivity (Wildman–Crippen MR) is 88.8 cm³/mol. The highest BCUT2D eigenvalue weighted by Gasteiger charge is 2.27. The van der Waals surface area contributed by atoms with Crippen LogP contribution in [0, 0.1) is 11.8 Å². The number of hydrogen-bond acceptors (Lipinski definition) is 2. The summed E-state index contributed by atoms with van der Waals surface area (Å²) in [5, 5.41) is 3.17. The zero-order valence-corrected chi connectivity index (χ0v) is 13.5. The summed E-state index contributed by atoms with van der Waals surface area (Å²) >= 11 is 0. The van der Waals surface area contributed by atoms with Crippen molar-refractivity contribution in [2.75, 3.05) is 6.61 Å². The van der Waals surface area contributed by atoms with Gasteiger partial charge in [0.1, 0.15) is 5.75 Å². The van der Waals surface area contributed by atoms with E-state index in [4.69, 9.17) is 4.74 Å². The van der Waals surface area contributed by atoms with E-state index in [2.05, 4.69) is 25.2 Å². The first-order valence-electron chi connectivity index (χ1n) is 8.38. The van der Waals surface area contributed by atoms with Crippen molar-refractivity contribution < 1.29 is 9.53 Å². The van der Waals surface area contributed by atoms with Gasteiger partial charge in [0.05, 0.1) is 6.61 Å². The number of carbonyl (C=O) groups excluding carboxylic acids is 1. The zero-order chi connectivity index (χ0) is 15.5. The lowest BCUT2D eigenvalue weighted by atomic mass is 9.78. The molecule has 3 atom stereocenters. The molecular formula is C19H25NO2. The Kier molecular flexibility index (Phi) is 4.51. The average Bonchev–Trinajstić information content (AvgIpc) is 2.97. The smallest absolute Gasteiger partial charge is 0.244 e. The van der Waals surface area contributed by atoms with Gasteiger partial charge in [-0.3, -0.25) is 4.79 Å². The fourth-order valence-corrected chi connectivity index (χ4v) is 3.50. The largest absolute Gasteiger partial charge is 0.493 e. The maximum atomic E-state index is 12.1. The van der Waals surface area contributed by atoms with E-state index in [1.54, 1.807) is 6.08 Å². The Morgan fingerprint density at radius 2 is 2.18 bits per heavy atom. The topological polar surface area (TPSA) is 38.3 Å². The van der Waals surface area contributed by atoms with E-state index in [0.29, 0.717) is 17.9 Å². The Morgan fingerprint density at radius 1 is 1.32 bits per heavy atom. The maximum Gasteiger partial charge on any atom is 0.244 e. The van der Waals surface area contributed by atoms with Crippen molar-refractivity contribution in [3.63, 3.8) is 0 Å². The highest BCUT2D eigenvalue weighted by atomic mass is 16.5. The van der Waals surface area contributed by atoms with Crippen LogP contribution in [0.4, 0.5) is 0 Å². The monoisotopic (exact) mass is 299 g/mol. The lowest BCUT2D eigenvalue weighted by Gasteiger charge is -2.34. The summed E-state index contributed by atoms with van der Waals surface area (Å²) in [4.78, 5) is 12.1. The van der Waals surface area contributed by atoms with Gasteiger partial charge in [0.15, 0.2) is 0 Å². The molecule has 1 aromatic carbocycles. The van der Waals surface area contributed by atoms with Crippen molar-refractivity contribution in [3.8, 4) is 5.75 Å². The van der Waals surface area contributed by atoms with Gasteiger partial charge in [-0.25, -0.2) is 0 Å². The highest BCUT2D eigenvalue weighted by molar-refractivity contribution is 5.92. The molecule has 1 heterocycles. The fourth-order valence-electron chi connectivity index (χ4n) is 3.50. The summed E-state index contributed by atoms with van der Waals surface area (Å²) in [6.07, 6.45) is 8.10. The van der Waals surface area contributed by atoms with E-state index in [1.807, 2.05) is 18.2 Å². The number of amides is 1. The summed E-state index contributed by atoms with van der Waals surface area (Å²) in [5.41, 5.74) is 2.29. The van der Waals surface area contributed by atoms with Crippen molar-refractivity contribution in [1.29, 1.82) is 0 Å². The van der Waals surface area contributed by atoms with Gasteiger partial charge in [0, 0.05) is 18.5 Å². The van der Waals surface area contributed by atoms with Gasteiger partial charge in [-0.15, -0.1) is 0 Å². The van der Waals surface area contributed by atoms with Crippen molar-refractivity contribution >= 4 is 12.0 Å². The fraction of sp³-hybridized carbons (Fsp3) is 0.526. The molecule has 1 aliphatic carbocycles. The summed E-state index contributed by atoms with van der Waals surface area (Å²) in [5.74, 6) is 2.25. The van der Waals surface area contributed by atoms with Crippen molar-refractivity contribution in [2.45, 2.75) is 45.6 Å². The summed E-state index contributed by atoms with van der Waals surface area (Å²) in [7, 11) is 0. The second kappa shape index (κ2) is 6.55. The van der Waals surface area contributed by atoms with Crippen LogP contribution >= 0.6 is 0 Å². The molecule has 118 valence electrons. The molecule has 3 heteroatoms. The van der Waals surface area contributed by atoms with Crippen molar-refractivity contribution in [2.24, 2.45) is 11.8 Å². The second-order valence-electron chi connectivity index (χ2n) is 6.68. The molecule has 0 saturated heterocycles. The van der Waals surface area contributed by atoms with Gasteiger partial charge in [-0.2, -0.15) is 0 Å². The van der Waals surface area contributed by atoms with Gasteiger partial charge in [0.2, 0.25) is 5.91 Å². The Hall–Kier alpha value is -1.77. The molecule has 1 aromatic rings. The Morgan fingerprint density at radius 3 is 3.05 bits per heavy atom. The first-order valence-corrected chi connectivity index (χ1v) is 8.38. The molecule has 1 saturated carbocycles. The van der Waals surface area contributed by atoms with Gasteiger partial charge in [0.25, 0.3) is 0 Å². The van der Waals surface area contributed by atoms with E-state index < -0.39 is 0 Å². The molecule has 3 rings (SSSR count). The molecule has 1 N–H and O–H groups in total. The molecule has 1 fully saturated rings. The quantitative estimate of drug-likeness (QED) is 0.866. The third kappa shape index (κ3) is 3.34. The minimum absolute atomic E-state index is 0.0164. The number of benzene rings is 1. The first kappa shape index (κ1) is 15.1. The van der Waals surface area contributed by atoms with Crippen LogP contribution in [0.25, 0.3) is 6.08 Å². The number of fused-ring (bicyclic) bond motifs is 1. The van der Waals surface area contributed by atoms with E-state index >= 15 is 0 Å². The Balaban J connectivity index is 1.59. The molecule has 0 bridgehead atoms. The molecule has 2 aliphatic rings. The Labute approximate surface area is 132 Å². The van der Waals surface area contributed by atoms with Crippen molar-refractivity contribution in [1.82, 2.24) is 5.32 Å². The molecular weight excluding hydrogens is 274 g/mol. The number of nitrogens with one attached hydrogen (secondary N) is 1. The van der Waals surface area contributed by atoms with Gasteiger partial charge in [-0.1, -0.05) is 32.8 Å². The normalized spacial score (nSPS) is 27.5. The van der Waals surface area contributed by atoms with E-state index in [-0.39, 0.29) is 5.91 Å². The zero-order valence-electron chi connectivity index (χ0n) is 13.5. The number of hydrogen-bond donors (Lipinski definition) is 1. The predicted octanol–water partition coefficient (Wildman–Crippen LogP) is 3.58. The third-order valence-electron chi connectivity index (χ3n) is 5.18. The van der Waals surface area contributed by atoms with Gasteiger partial charge < -0.3 is 10.1 Å². The van der Waals surface area contributed by atoms with Crippen LogP contribution in [0.1, 0.15) is 44.2 Å². The maximum absolute atomic E-state index is 12.1. The lowest BCUT2D eigenvalue weighted by Crippen LogP contribution is -2.43. The third-order valence-corrected chi connectivity index (χ3v) is 5.18. The molecule has 0 radical (unpaired) electrons. The second-order valence-corrected chi connectivity index (χ2v) is 6.68. The summed E-state index contributed by atoms with van der Waals surface area (Å²) in [6, 6.07) is 6.41. The molecule has 3 nitrogen and oxygen atoms in total. The molecule has 0 spiro atoms.